The number of anilines is 1. The molecule has 0 aliphatic carbocycles. The molecular weight excluding hydrogens is 357 g/mol. The summed E-state index contributed by atoms with van der Waals surface area (Å²) in [7, 11) is 0. The third kappa shape index (κ3) is 3.69. The fraction of sp³-hybridized carbons (Fsp3) is 0.174. The van der Waals surface area contributed by atoms with Crippen molar-refractivity contribution in [2.75, 3.05) is 18.2 Å². The number of ether oxygens (including phenoxy) is 2. The molecule has 142 valence electrons. The molecule has 3 aromatic rings. The number of benzene rings is 3. The van der Waals surface area contributed by atoms with E-state index in [2.05, 4.69) is 0 Å². The van der Waals surface area contributed by atoms with Gasteiger partial charge in [-0.05, 0) is 29.8 Å². The number of carbonyl (C=O) groups is 1. The van der Waals surface area contributed by atoms with E-state index in [1.165, 1.54) is 4.90 Å². The zero-order valence-electron chi connectivity index (χ0n) is 15.3. The highest BCUT2D eigenvalue weighted by Gasteiger charge is 2.24. The van der Waals surface area contributed by atoms with Crippen molar-refractivity contribution in [3.8, 4) is 17.2 Å². The molecule has 5 heteroatoms. The third-order valence-electron chi connectivity index (χ3n) is 4.67. The molecule has 0 saturated heterocycles. The van der Waals surface area contributed by atoms with Crippen LogP contribution in [-0.2, 0) is 17.8 Å². The number of carbonyl (C=O) groups excluding carboxylic acids is 1. The van der Waals surface area contributed by atoms with E-state index in [9.17, 15) is 9.18 Å². The van der Waals surface area contributed by atoms with Crippen LogP contribution in [0.2, 0.25) is 0 Å². The number of rotatable bonds is 6. The second kappa shape index (κ2) is 8.13. The molecule has 1 amide bonds. The molecule has 4 rings (SSSR count). The van der Waals surface area contributed by atoms with E-state index >= 15 is 0 Å². The van der Waals surface area contributed by atoms with Gasteiger partial charge in [-0.15, -0.1) is 0 Å². The van der Waals surface area contributed by atoms with Crippen LogP contribution in [0.25, 0.3) is 0 Å². The number of hydrogen-bond acceptors (Lipinski definition) is 3. The molecule has 0 spiro atoms. The maximum absolute atomic E-state index is 13.4. The number of alkyl halides is 1. The van der Waals surface area contributed by atoms with Crippen LogP contribution in [0.1, 0.15) is 11.1 Å². The Bertz CT molecular complexity index is 975. The summed E-state index contributed by atoms with van der Waals surface area (Å²) in [5.41, 5.74) is 2.48. The molecule has 28 heavy (non-hydrogen) atoms. The zero-order valence-corrected chi connectivity index (χ0v) is 15.3. The number of hydrogen-bond donors (Lipinski definition) is 0. The normalized spacial score (nSPS) is 12.2. The lowest BCUT2D eigenvalue weighted by Gasteiger charge is -2.25. The molecule has 0 unspecified atom stereocenters. The molecule has 0 atom stereocenters. The summed E-state index contributed by atoms with van der Waals surface area (Å²) < 4.78 is 25.1. The van der Waals surface area contributed by atoms with Crippen LogP contribution in [0.15, 0.2) is 72.8 Å². The van der Waals surface area contributed by atoms with Crippen molar-refractivity contribution in [2.24, 2.45) is 0 Å². The van der Waals surface area contributed by atoms with Crippen LogP contribution in [0, 0.1) is 0 Å². The highest BCUT2D eigenvalue weighted by molar-refractivity contribution is 5.95. The Morgan fingerprint density at radius 1 is 1.00 bits per heavy atom. The van der Waals surface area contributed by atoms with Crippen molar-refractivity contribution in [1.82, 2.24) is 0 Å². The Balaban J connectivity index is 1.69. The van der Waals surface area contributed by atoms with Gasteiger partial charge in [-0.2, -0.15) is 0 Å². The number of fused-ring (bicyclic) bond motifs is 1. The van der Waals surface area contributed by atoms with E-state index in [4.69, 9.17) is 9.47 Å². The van der Waals surface area contributed by atoms with Gasteiger partial charge in [0.15, 0.2) is 12.4 Å². The number of nitrogens with zero attached hydrogens (tertiary/aromatic N) is 1. The average Bonchev–Trinajstić information content (AvgIpc) is 3.22. The maximum atomic E-state index is 13.4. The van der Waals surface area contributed by atoms with Crippen LogP contribution < -0.4 is 14.4 Å². The molecule has 1 heterocycles. The van der Waals surface area contributed by atoms with E-state index < -0.39 is 12.6 Å². The zero-order chi connectivity index (χ0) is 19.3. The summed E-state index contributed by atoms with van der Waals surface area (Å²) in [5.74, 6) is 1.30. The minimum absolute atomic E-state index is 0.209. The Morgan fingerprint density at radius 2 is 1.79 bits per heavy atom. The second-order valence-electron chi connectivity index (χ2n) is 6.50. The minimum atomic E-state index is -1.09. The molecule has 4 nitrogen and oxygen atoms in total. The van der Waals surface area contributed by atoms with Crippen molar-refractivity contribution in [3.05, 3.63) is 83.9 Å². The van der Waals surface area contributed by atoms with Gasteiger partial charge in [0, 0.05) is 12.0 Å². The van der Waals surface area contributed by atoms with E-state index in [0.717, 1.165) is 23.3 Å². The van der Waals surface area contributed by atoms with Gasteiger partial charge < -0.3 is 14.4 Å². The monoisotopic (exact) mass is 377 g/mol. The van der Waals surface area contributed by atoms with Gasteiger partial charge in [-0.1, -0.05) is 48.5 Å². The molecule has 1 aliphatic rings. The second-order valence-corrected chi connectivity index (χ2v) is 6.50. The molecule has 0 aromatic heterocycles. The highest BCUT2D eigenvalue weighted by atomic mass is 19.1. The van der Waals surface area contributed by atoms with Crippen molar-refractivity contribution in [2.45, 2.75) is 13.0 Å². The first-order valence-electron chi connectivity index (χ1n) is 9.18. The third-order valence-corrected chi connectivity index (χ3v) is 4.67. The van der Waals surface area contributed by atoms with Gasteiger partial charge in [0.05, 0.1) is 18.8 Å². The molecule has 0 radical (unpaired) electrons. The van der Waals surface area contributed by atoms with Gasteiger partial charge in [-0.3, -0.25) is 4.79 Å². The summed E-state index contributed by atoms with van der Waals surface area (Å²) in [6.07, 6.45) is 0.841. The molecule has 0 saturated carbocycles. The lowest BCUT2D eigenvalue weighted by molar-refractivity contribution is -0.119. The lowest BCUT2D eigenvalue weighted by Crippen LogP contribution is -2.32. The summed E-state index contributed by atoms with van der Waals surface area (Å²) in [6.45, 7) is -0.256. The first-order chi connectivity index (χ1) is 13.8. The summed E-state index contributed by atoms with van der Waals surface area (Å²) in [5, 5.41) is 0. The Kier molecular flexibility index (Phi) is 5.24. The van der Waals surface area contributed by atoms with Crippen molar-refractivity contribution in [3.63, 3.8) is 0 Å². The van der Waals surface area contributed by atoms with Gasteiger partial charge >= 0.3 is 0 Å². The fourth-order valence-corrected chi connectivity index (χ4v) is 3.34. The van der Waals surface area contributed by atoms with Crippen LogP contribution in [0.5, 0.6) is 17.2 Å². The smallest absolute Gasteiger partial charge is 0.258 e. The average molecular weight is 377 g/mol. The van der Waals surface area contributed by atoms with Crippen molar-refractivity contribution < 1.29 is 18.7 Å². The SMILES string of the molecule is O=C(CF)N(Cc1cccc2c1OCC2)c1ccccc1Oc1ccccc1. The summed E-state index contributed by atoms with van der Waals surface area (Å²) in [4.78, 5) is 13.9. The topological polar surface area (TPSA) is 38.8 Å². The van der Waals surface area contributed by atoms with Crippen LogP contribution in [0.3, 0.4) is 0 Å². The number of amides is 1. The predicted octanol–water partition coefficient (Wildman–Crippen LogP) is 4.92. The summed E-state index contributed by atoms with van der Waals surface area (Å²) in [6, 6.07) is 22.3. The van der Waals surface area contributed by atoms with E-state index in [1.54, 1.807) is 18.2 Å². The Hall–Kier alpha value is -3.34. The Morgan fingerprint density at radius 3 is 2.61 bits per heavy atom. The van der Waals surface area contributed by atoms with Gasteiger partial charge in [0.1, 0.15) is 11.5 Å². The highest BCUT2D eigenvalue weighted by Crippen LogP contribution is 2.36. The Labute approximate surface area is 163 Å². The van der Waals surface area contributed by atoms with Crippen molar-refractivity contribution in [1.29, 1.82) is 0 Å². The van der Waals surface area contributed by atoms with Crippen LogP contribution >= 0.6 is 0 Å². The minimum Gasteiger partial charge on any atom is -0.493 e. The molecule has 1 aliphatic heterocycles. The van der Waals surface area contributed by atoms with E-state index in [1.807, 2.05) is 54.6 Å². The van der Waals surface area contributed by atoms with E-state index in [0.29, 0.717) is 23.8 Å². The van der Waals surface area contributed by atoms with Crippen LogP contribution in [0.4, 0.5) is 10.1 Å². The molecular formula is C23H20FNO3. The lowest BCUT2D eigenvalue weighted by atomic mass is 10.1. The fourth-order valence-electron chi connectivity index (χ4n) is 3.34. The predicted molar refractivity (Wildman–Crippen MR) is 106 cm³/mol. The standard InChI is InChI=1S/C23H20FNO3/c24-15-22(26)25(16-18-8-6-7-17-13-14-27-23(17)18)20-11-4-5-12-21(20)28-19-9-2-1-3-10-19/h1-12H,13-16H2. The molecule has 0 bridgehead atoms. The van der Waals surface area contributed by atoms with Gasteiger partial charge in [0.2, 0.25) is 0 Å². The maximum Gasteiger partial charge on any atom is 0.258 e. The number of para-hydroxylation sites is 4. The van der Waals surface area contributed by atoms with Crippen molar-refractivity contribution >= 4 is 11.6 Å². The first-order valence-corrected chi connectivity index (χ1v) is 9.18. The molecule has 0 fully saturated rings. The molecule has 3 aromatic carbocycles. The summed E-state index contributed by atoms with van der Waals surface area (Å²) >= 11 is 0. The van der Waals surface area contributed by atoms with Crippen LogP contribution in [-0.4, -0.2) is 19.2 Å². The first kappa shape index (κ1) is 18.0. The van der Waals surface area contributed by atoms with Gasteiger partial charge in [-0.25, -0.2) is 4.39 Å². The number of halogens is 1. The van der Waals surface area contributed by atoms with E-state index in [-0.39, 0.29) is 6.54 Å². The van der Waals surface area contributed by atoms with Gasteiger partial charge in [0.25, 0.3) is 5.91 Å². The largest absolute Gasteiger partial charge is 0.493 e. The quantitative estimate of drug-likeness (QED) is 0.612. The molecule has 0 N–H and O–H groups in total.